The van der Waals surface area contributed by atoms with Gasteiger partial charge in [0, 0.05) is 0 Å². The monoisotopic (exact) mass is 345 g/mol. The highest BCUT2D eigenvalue weighted by Gasteiger charge is 2.61. The third kappa shape index (κ3) is 2.36. The first kappa shape index (κ1) is 15.8. The Kier molecular flexibility index (Phi) is 3.50. The summed E-state index contributed by atoms with van der Waals surface area (Å²) in [6.07, 6.45) is 9.91. The summed E-state index contributed by atoms with van der Waals surface area (Å²) in [5.41, 5.74) is -0.366. The fraction of sp³-hybridized carbons (Fsp3) is 0.842. The average molecular weight is 345 g/mol. The first-order valence-corrected chi connectivity index (χ1v) is 9.98. The quantitative estimate of drug-likeness (QED) is 0.581. The highest BCUT2D eigenvalue weighted by molar-refractivity contribution is 6.44. The van der Waals surface area contributed by atoms with Gasteiger partial charge < -0.3 is 0 Å². The van der Waals surface area contributed by atoms with E-state index in [1.807, 2.05) is 0 Å². The molecule has 6 heteroatoms. The normalized spacial score (nSPS) is 41.3. The molecule has 0 aromatic rings. The van der Waals surface area contributed by atoms with Crippen molar-refractivity contribution in [3.63, 3.8) is 0 Å². The van der Waals surface area contributed by atoms with Gasteiger partial charge in [0.25, 0.3) is 0 Å². The Balaban J connectivity index is 1.39. The van der Waals surface area contributed by atoms with E-state index in [2.05, 4.69) is 4.90 Å². The van der Waals surface area contributed by atoms with Gasteiger partial charge in [-0.15, -0.1) is 0 Å². The van der Waals surface area contributed by atoms with E-state index in [0.717, 1.165) is 45.2 Å². The third-order valence-electron chi connectivity index (χ3n) is 7.32. The van der Waals surface area contributed by atoms with Gasteiger partial charge in [-0.2, -0.15) is 0 Å². The number of piperidine rings is 1. The van der Waals surface area contributed by atoms with Crippen LogP contribution in [-0.2, 0) is 9.59 Å². The molecular formula is C19H27N3O3. The number of hydrogen-bond donors (Lipinski definition) is 0. The summed E-state index contributed by atoms with van der Waals surface area (Å²) < 4.78 is 0. The number of hydrogen-bond acceptors (Lipinski definition) is 4. The molecule has 0 N–H and O–H groups in total. The van der Waals surface area contributed by atoms with Crippen LogP contribution in [0.3, 0.4) is 0 Å². The van der Waals surface area contributed by atoms with Crippen molar-refractivity contribution >= 4 is 17.8 Å². The van der Waals surface area contributed by atoms with Gasteiger partial charge in [-0.3, -0.25) is 14.5 Å². The Morgan fingerprint density at radius 2 is 1.36 bits per heavy atom. The molecule has 6 fully saturated rings. The van der Waals surface area contributed by atoms with E-state index >= 15 is 0 Å². The summed E-state index contributed by atoms with van der Waals surface area (Å²) >= 11 is 0. The molecule has 4 aliphatic carbocycles. The second-order valence-corrected chi connectivity index (χ2v) is 9.12. The van der Waals surface area contributed by atoms with E-state index in [-0.39, 0.29) is 18.2 Å². The maximum absolute atomic E-state index is 13.1. The molecule has 2 heterocycles. The molecule has 4 saturated carbocycles. The average Bonchev–Trinajstić information content (AvgIpc) is 2.78. The van der Waals surface area contributed by atoms with Gasteiger partial charge >= 0.3 is 17.8 Å². The molecule has 0 spiro atoms. The zero-order valence-electron chi connectivity index (χ0n) is 14.8. The molecule has 25 heavy (non-hydrogen) atoms. The van der Waals surface area contributed by atoms with Crippen LogP contribution in [0.2, 0.25) is 0 Å². The summed E-state index contributed by atoms with van der Waals surface area (Å²) in [5, 5.41) is 0. The van der Waals surface area contributed by atoms with Crippen molar-refractivity contribution in [1.29, 1.82) is 0 Å². The van der Waals surface area contributed by atoms with E-state index in [9.17, 15) is 14.4 Å². The number of carbonyl (C=O) groups excluding carboxylic acids is 3. The minimum absolute atomic E-state index is 0.284. The number of likely N-dealkylation sites (tertiary alicyclic amines) is 1. The minimum atomic E-state index is -0.605. The van der Waals surface area contributed by atoms with Gasteiger partial charge in [0.15, 0.2) is 0 Å². The highest BCUT2D eigenvalue weighted by atomic mass is 16.2. The summed E-state index contributed by atoms with van der Waals surface area (Å²) in [6, 6.07) is -0.345. The molecule has 6 aliphatic rings. The van der Waals surface area contributed by atoms with Crippen molar-refractivity contribution in [3.8, 4) is 0 Å². The van der Waals surface area contributed by atoms with Gasteiger partial charge in [0.05, 0.1) is 12.2 Å². The number of carbonyl (C=O) groups is 3. The predicted molar refractivity (Wildman–Crippen MR) is 90.3 cm³/mol. The van der Waals surface area contributed by atoms with Gasteiger partial charge in [-0.1, -0.05) is 6.42 Å². The van der Waals surface area contributed by atoms with Crippen LogP contribution in [0.15, 0.2) is 0 Å². The number of urea groups is 1. The van der Waals surface area contributed by atoms with E-state index in [1.54, 1.807) is 0 Å². The van der Waals surface area contributed by atoms with Crippen molar-refractivity contribution in [2.24, 2.45) is 17.8 Å². The molecule has 0 aromatic heterocycles. The van der Waals surface area contributed by atoms with Crippen molar-refractivity contribution < 1.29 is 14.4 Å². The Hall–Kier alpha value is -1.43. The molecule has 136 valence electrons. The topological polar surface area (TPSA) is 60.9 Å². The maximum atomic E-state index is 13.1. The molecular weight excluding hydrogens is 318 g/mol. The second kappa shape index (κ2) is 5.53. The largest absolute Gasteiger partial charge is 0.335 e. The van der Waals surface area contributed by atoms with E-state index < -0.39 is 11.8 Å². The first-order valence-electron chi connectivity index (χ1n) is 9.98. The van der Waals surface area contributed by atoms with Crippen molar-refractivity contribution in [2.75, 3.05) is 19.8 Å². The molecule has 6 rings (SSSR count). The maximum Gasteiger partial charge on any atom is 0.335 e. The van der Waals surface area contributed by atoms with Gasteiger partial charge in [0.2, 0.25) is 0 Å². The van der Waals surface area contributed by atoms with Crippen LogP contribution in [0.1, 0.15) is 57.8 Å². The lowest BCUT2D eigenvalue weighted by Crippen LogP contribution is -2.62. The molecule has 0 aromatic carbocycles. The standard InChI is InChI=1S/C19H27N3O3/c23-16-17(24)22(18(25)21(16)12-20-4-2-1-3-5-20)19-9-13-6-14(10-19)8-15(7-13)11-19/h13-15H,1-12H2. The highest BCUT2D eigenvalue weighted by Crippen LogP contribution is 2.58. The van der Waals surface area contributed by atoms with E-state index in [4.69, 9.17) is 0 Å². The van der Waals surface area contributed by atoms with Crippen molar-refractivity contribution in [3.05, 3.63) is 0 Å². The predicted octanol–water partition coefficient (Wildman–Crippen LogP) is 2.19. The zero-order valence-corrected chi connectivity index (χ0v) is 14.8. The molecule has 4 amide bonds. The molecule has 2 aliphatic heterocycles. The lowest BCUT2D eigenvalue weighted by molar-refractivity contribution is -0.150. The van der Waals surface area contributed by atoms with Gasteiger partial charge in [0.1, 0.15) is 0 Å². The molecule has 0 radical (unpaired) electrons. The first-order chi connectivity index (χ1) is 12.1. The lowest BCUT2D eigenvalue weighted by atomic mass is 9.52. The Bertz CT molecular complexity index is 590. The van der Waals surface area contributed by atoms with Crippen LogP contribution in [0, 0.1) is 17.8 Å². The van der Waals surface area contributed by atoms with Crippen LogP contribution in [0.5, 0.6) is 0 Å². The fourth-order valence-corrected chi connectivity index (χ4v) is 6.69. The summed E-state index contributed by atoms with van der Waals surface area (Å²) in [7, 11) is 0. The van der Waals surface area contributed by atoms with E-state index in [1.165, 1.54) is 35.5 Å². The fourth-order valence-electron chi connectivity index (χ4n) is 6.69. The Labute approximate surface area is 148 Å². The summed E-state index contributed by atoms with van der Waals surface area (Å²) in [5.74, 6) is 0.740. The Morgan fingerprint density at radius 3 is 1.92 bits per heavy atom. The van der Waals surface area contributed by atoms with Gasteiger partial charge in [-0.25, -0.2) is 14.6 Å². The summed E-state index contributed by atoms with van der Waals surface area (Å²) in [6.45, 7) is 2.09. The van der Waals surface area contributed by atoms with Gasteiger partial charge in [-0.05, 0) is 82.2 Å². The Morgan fingerprint density at radius 1 is 0.800 bits per heavy atom. The smallest absolute Gasteiger partial charge is 0.285 e. The lowest BCUT2D eigenvalue weighted by Gasteiger charge is -2.58. The third-order valence-corrected chi connectivity index (χ3v) is 7.32. The SMILES string of the molecule is O=C1C(=O)N(C23CC4CC(CC(C4)C2)C3)C(=O)N1CN1CCCCC1. The molecule has 0 atom stereocenters. The molecule has 4 bridgehead atoms. The number of imide groups is 2. The molecule has 6 nitrogen and oxygen atoms in total. The minimum Gasteiger partial charge on any atom is -0.285 e. The summed E-state index contributed by atoms with van der Waals surface area (Å²) in [4.78, 5) is 43.2. The molecule has 0 unspecified atom stereocenters. The van der Waals surface area contributed by atoms with Crippen LogP contribution >= 0.6 is 0 Å². The van der Waals surface area contributed by atoms with Crippen molar-refractivity contribution in [1.82, 2.24) is 14.7 Å². The van der Waals surface area contributed by atoms with Crippen LogP contribution in [0.25, 0.3) is 0 Å². The van der Waals surface area contributed by atoms with Crippen LogP contribution in [0.4, 0.5) is 4.79 Å². The van der Waals surface area contributed by atoms with Crippen molar-refractivity contribution in [2.45, 2.75) is 63.3 Å². The van der Waals surface area contributed by atoms with Crippen LogP contribution < -0.4 is 0 Å². The van der Waals surface area contributed by atoms with E-state index in [0.29, 0.717) is 17.8 Å². The number of nitrogens with zero attached hydrogens (tertiary/aromatic N) is 3. The second-order valence-electron chi connectivity index (χ2n) is 9.12. The number of rotatable bonds is 3. The molecule has 2 saturated heterocycles. The zero-order chi connectivity index (χ0) is 17.2. The van der Waals surface area contributed by atoms with Crippen LogP contribution in [-0.4, -0.2) is 57.8 Å². The number of amides is 4.